The molecule has 0 saturated heterocycles. The van der Waals surface area contributed by atoms with Crippen LogP contribution < -0.4 is 29.1 Å². The van der Waals surface area contributed by atoms with Gasteiger partial charge in [-0.1, -0.05) is 30.0 Å². The lowest BCUT2D eigenvalue weighted by Gasteiger charge is -2.15. The zero-order valence-electron chi connectivity index (χ0n) is 23.4. The van der Waals surface area contributed by atoms with Crippen LogP contribution >= 0.6 is 11.8 Å². The van der Waals surface area contributed by atoms with Crippen LogP contribution in [-0.2, 0) is 4.79 Å². The van der Waals surface area contributed by atoms with E-state index in [9.17, 15) is 4.79 Å². The van der Waals surface area contributed by atoms with Crippen molar-refractivity contribution in [2.45, 2.75) is 12.1 Å². The van der Waals surface area contributed by atoms with E-state index in [1.54, 1.807) is 52.7 Å². The van der Waals surface area contributed by atoms with E-state index in [2.05, 4.69) is 20.7 Å². The summed E-state index contributed by atoms with van der Waals surface area (Å²) in [7, 11) is 6.22. The molecule has 1 aromatic heterocycles. The molecule has 1 amide bonds. The number of hydrogen-bond donors (Lipinski definition) is 1. The van der Waals surface area contributed by atoms with Gasteiger partial charge in [-0.05, 0) is 55.0 Å². The summed E-state index contributed by atoms with van der Waals surface area (Å²) in [6.45, 7) is 2.43. The third kappa shape index (κ3) is 6.90. The zero-order chi connectivity index (χ0) is 29.2. The molecule has 3 aromatic carbocycles. The van der Waals surface area contributed by atoms with E-state index in [0.29, 0.717) is 51.9 Å². The Balaban J connectivity index is 1.54. The number of carbonyl (C=O) groups is 1. The normalized spacial score (nSPS) is 10.9. The largest absolute Gasteiger partial charge is 0.493 e. The van der Waals surface area contributed by atoms with Crippen LogP contribution in [0.2, 0.25) is 0 Å². The molecular formula is C29H31N5O6S. The number of aromatic nitrogens is 3. The maximum absolute atomic E-state index is 12.6. The second-order valence-corrected chi connectivity index (χ2v) is 9.26. The van der Waals surface area contributed by atoms with Crippen LogP contribution in [0.4, 0.5) is 0 Å². The molecule has 0 aliphatic rings. The Labute approximate surface area is 242 Å². The molecule has 1 N–H and O–H groups in total. The number of hydrogen-bond acceptors (Lipinski definition) is 10. The summed E-state index contributed by atoms with van der Waals surface area (Å²) < 4.78 is 29.3. The van der Waals surface area contributed by atoms with Gasteiger partial charge in [0, 0.05) is 11.3 Å². The number of nitrogens with zero attached hydrogens (tertiary/aromatic N) is 4. The average Bonchev–Trinajstić information content (AvgIpc) is 3.44. The molecule has 1 heterocycles. The zero-order valence-corrected chi connectivity index (χ0v) is 24.2. The minimum absolute atomic E-state index is 0.0597. The lowest BCUT2D eigenvalue weighted by molar-refractivity contribution is -0.118. The molecule has 4 rings (SSSR count). The van der Waals surface area contributed by atoms with E-state index in [1.807, 2.05) is 47.9 Å². The van der Waals surface area contributed by atoms with Gasteiger partial charge in [0.1, 0.15) is 0 Å². The Morgan fingerprint density at radius 3 is 2.24 bits per heavy atom. The molecule has 41 heavy (non-hydrogen) atoms. The maximum atomic E-state index is 12.6. The van der Waals surface area contributed by atoms with Gasteiger partial charge in [0.05, 0.1) is 47.0 Å². The van der Waals surface area contributed by atoms with E-state index in [0.717, 1.165) is 11.3 Å². The van der Waals surface area contributed by atoms with Crippen molar-refractivity contribution in [3.63, 3.8) is 0 Å². The Morgan fingerprint density at radius 2 is 1.61 bits per heavy atom. The molecule has 0 saturated carbocycles. The summed E-state index contributed by atoms with van der Waals surface area (Å²) in [6.07, 6.45) is 1.54. The molecule has 0 radical (unpaired) electrons. The Bertz CT molecular complexity index is 1480. The van der Waals surface area contributed by atoms with Crippen LogP contribution in [0.5, 0.6) is 28.7 Å². The van der Waals surface area contributed by atoms with Gasteiger partial charge in [-0.3, -0.25) is 9.36 Å². The Kier molecular flexibility index (Phi) is 10.1. The first kappa shape index (κ1) is 29.3. The van der Waals surface area contributed by atoms with Crippen LogP contribution in [0, 0.1) is 0 Å². The number of para-hydroxylation sites is 1. The first-order valence-corrected chi connectivity index (χ1v) is 13.6. The first-order valence-electron chi connectivity index (χ1n) is 12.6. The molecule has 0 spiro atoms. The summed E-state index contributed by atoms with van der Waals surface area (Å²) in [5.74, 6) is 2.97. The van der Waals surface area contributed by atoms with E-state index >= 15 is 0 Å². The van der Waals surface area contributed by atoms with Crippen molar-refractivity contribution in [1.82, 2.24) is 20.2 Å². The van der Waals surface area contributed by atoms with Crippen LogP contribution in [0.3, 0.4) is 0 Å². The summed E-state index contributed by atoms with van der Waals surface area (Å²) in [5.41, 5.74) is 4.82. The van der Waals surface area contributed by atoms with Crippen LogP contribution in [0.25, 0.3) is 17.1 Å². The number of rotatable bonds is 13. The van der Waals surface area contributed by atoms with E-state index in [4.69, 9.17) is 23.7 Å². The molecule has 0 atom stereocenters. The second kappa shape index (κ2) is 14.1. The molecule has 0 bridgehead atoms. The van der Waals surface area contributed by atoms with Crippen LogP contribution in [0.15, 0.2) is 70.9 Å². The number of benzene rings is 3. The van der Waals surface area contributed by atoms with Crippen molar-refractivity contribution in [1.29, 1.82) is 0 Å². The molecule has 214 valence electrons. The van der Waals surface area contributed by atoms with Crippen molar-refractivity contribution in [3.8, 4) is 45.8 Å². The van der Waals surface area contributed by atoms with E-state index < -0.39 is 0 Å². The van der Waals surface area contributed by atoms with Gasteiger partial charge in [0.25, 0.3) is 5.91 Å². The Morgan fingerprint density at radius 1 is 0.902 bits per heavy atom. The lowest BCUT2D eigenvalue weighted by atomic mass is 10.1. The number of thioether (sulfide) groups is 1. The number of nitrogens with one attached hydrogen (secondary N) is 1. The highest BCUT2D eigenvalue weighted by atomic mass is 32.2. The highest BCUT2D eigenvalue weighted by Gasteiger charge is 2.21. The van der Waals surface area contributed by atoms with Crippen molar-refractivity contribution in [2.75, 3.05) is 40.8 Å². The van der Waals surface area contributed by atoms with Gasteiger partial charge in [-0.25, -0.2) is 5.43 Å². The monoisotopic (exact) mass is 577 g/mol. The maximum Gasteiger partial charge on any atom is 0.250 e. The summed E-state index contributed by atoms with van der Waals surface area (Å²) in [4.78, 5) is 12.6. The lowest BCUT2D eigenvalue weighted by Crippen LogP contribution is -2.20. The van der Waals surface area contributed by atoms with Crippen LogP contribution in [-0.4, -0.2) is 67.7 Å². The second-order valence-electron chi connectivity index (χ2n) is 8.32. The summed E-state index contributed by atoms with van der Waals surface area (Å²) in [5, 5.41) is 13.4. The highest BCUT2D eigenvalue weighted by Crippen LogP contribution is 2.41. The van der Waals surface area contributed by atoms with E-state index in [-0.39, 0.29) is 11.7 Å². The van der Waals surface area contributed by atoms with Crippen molar-refractivity contribution in [3.05, 3.63) is 66.2 Å². The summed E-state index contributed by atoms with van der Waals surface area (Å²) >= 11 is 1.23. The molecule has 11 nitrogen and oxygen atoms in total. The fraction of sp³-hybridized carbons (Fsp3) is 0.241. The number of hydrazone groups is 1. The minimum atomic E-state index is -0.305. The van der Waals surface area contributed by atoms with Gasteiger partial charge >= 0.3 is 0 Å². The number of carbonyl (C=O) groups excluding carboxylic acids is 1. The average molecular weight is 578 g/mol. The van der Waals surface area contributed by atoms with Crippen LogP contribution in [0.1, 0.15) is 12.5 Å². The van der Waals surface area contributed by atoms with E-state index in [1.165, 1.54) is 18.0 Å². The predicted octanol–water partition coefficient (Wildman–Crippen LogP) is 4.61. The standard InChI is InChI=1S/C29H31N5O6S/c1-6-40-22-13-12-19(14-23(22)36-2)17-30-31-26(35)18-41-29-33-32-28(34(29)21-10-8-7-9-11-21)20-15-24(37-3)27(39-5)25(16-20)38-4/h7-17H,6,18H2,1-5H3,(H,31,35)/b30-17+. The predicted molar refractivity (Wildman–Crippen MR) is 157 cm³/mol. The molecule has 0 aliphatic carbocycles. The summed E-state index contributed by atoms with van der Waals surface area (Å²) in [6, 6.07) is 18.6. The minimum Gasteiger partial charge on any atom is -0.493 e. The molecule has 12 heteroatoms. The number of ether oxygens (including phenoxy) is 5. The highest BCUT2D eigenvalue weighted by molar-refractivity contribution is 7.99. The van der Waals surface area contributed by atoms with Gasteiger partial charge in [-0.15, -0.1) is 10.2 Å². The van der Waals surface area contributed by atoms with Crippen molar-refractivity contribution < 1.29 is 28.5 Å². The fourth-order valence-electron chi connectivity index (χ4n) is 3.95. The topological polar surface area (TPSA) is 118 Å². The Hall–Kier alpha value is -4.71. The fourth-order valence-corrected chi connectivity index (χ4v) is 4.70. The number of methoxy groups -OCH3 is 4. The molecular weight excluding hydrogens is 546 g/mol. The molecule has 0 unspecified atom stereocenters. The van der Waals surface area contributed by atoms with Gasteiger partial charge < -0.3 is 23.7 Å². The van der Waals surface area contributed by atoms with Crippen molar-refractivity contribution in [2.24, 2.45) is 5.10 Å². The van der Waals surface area contributed by atoms with Gasteiger partial charge in [0.2, 0.25) is 5.75 Å². The molecule has 0 aliphatic heterocycles. The quantitative estimate of drug-likeness (QED) is 0.138. The molecule has 0 fully saturated rings. The smallest absolute Gasteiger partial charge is 0.250 e. The third-order valence-corrected chi connectivity index (χ3v) is 6.72. The third-order valence-electron chi connectivity index (χ3n) is 5.79. The van der Waals surface area contributed by atoms with Crippen molar-refractivity contribution >= 4 is 23.9 Å². The molecule has 4 aromatic rings. The first-order chi connectivity index (χ1) is 20.0. The van der Waals surface area contributed by atoms with Gasteiger partial charge in [-0.2, -0.15) is 5.10 Å². The SMILES string of the molecule is CCOc1ccc(/C=N/NC(=O)CSc2nnc(-c3cc(OC)c(OC)c(OC)c3)n2-c2ccccc2)cc1OC. The van der Waals surface area contributed by atoms with Gasteiger partial charge in [0.15, 0.2) is 34.0 Å². The number of amides is 1.